The summed E-state index contributed by atoms with van der Waals surface area (Å²) >= 11 is 0. The van der Waals surface area contributed by atoms with E-state index in [0.717, 1.165) is 12.1 Å². The highest BCUT2D eigenvalue weighted by molar-refractivity contribution is 5.72. The average Bonchev–Trinajstić information content (AvgIpc) is 2.38. The normalized spacial score (nSPS) is 15.9. The van der Waals surface area contributed by atoms with Gasteiger partial charge in [-0.05, 0) is 12.0 Å². The molecule has 2 N–H and O–H groups in total. The predicted octanol–water partition coefficient (Wildman–Crippen LogP) is 2.55. The van der Waals surface area contributed by atoms with E-state index in [0.29, 0.717) is 0 Å². The van der Waals surface area contributed by atoms with E-state index < -0.39 is 35.6 Å². The van der Waals surface area contributed by atoms with E-state index in [4.69, 9.17) is 11.5 Å². The van der Waals surface area contributed by atoms with Crippen molar-refractivity contribution in [2.75, 3.05) is 0 Å². The molecule has 0 saturated carbocycles. The third kappa shape index (κ3) is 2.94. The minimum Gasteiger partial charge on any atom is -0.481 e. The molecule has 1 aromatic carbocycles. The van der Waals surface area contributed by atoms with Crippen molar-refractivity contribution in [3.05, 3.63) is 35.9 Å². The van der Waals surface area contributed by atoms with Crippen molar-refractivity contribution in [2.24, 2.45) is 5.92 Å². The average molecular weight is 286 g/mol. The number of carboxylic acid groups (broad SMARTS) is 1. The number of hydrogen-bond acceptors (Lipinski definition) is 2. The summed E-state index contributed by atoms with van der Waals surface area (Å²) in [6.07, 6.45) is -0.825. The molecule has 0 aliphatic carbocycles. The first-order valence-corrected chi connectivity index (χ1v) is 5.76. The van der Waals surface area contributed by atoms with Crippen LogP contribution in [0.3, 0.4) is 0 Å². The van der Waals surface area contributed by atoms with Gasteiger partial charge in [-0.15, -0.1) is 12.3 Å². The van der Waals surface area contributed by atoms with Crippen LogP contribution in [0.5, 0.6) is 0 Å². The van der Waals surface area contributed by atoms with Crippen LogP contribution in [0.1, 0.15) is 18.4 Å². The molecule has 20 heavy (non-hydrogen) atoms. The number of aliphatic hydroxyl groups is 1. The van der Waals surface area contributed by atoms with Crippen LogP contribution in [0.25, 0.3) is 0 Å². The van der Waals surface area contributed by atoms with Gasteiger partial charge in [-0.25, -0.2) is 0 Å². The van der Waals surface area contributed by atoms with Crippen molar-refractivity contribution in [1.29, 1.82) is 0 Å². The monoisotopic (exact) mass is 286 g/mol. The van der Waals surface area contributed by atoms with E-state index in [1.807, 2.05) is 0 Å². The second-order valence-corrected chi connectivity index (χ2v) is 4.26. The molecule has 6 heteroatoms. The first-order valence-electron chi connectivity index (χ1n) is 5.76. The summed E-state index contributed by atoms with van der Waals surface area (Å²) in [5, 5.41) is 19.1. The molecule has 0 saturated heterocycles. The molecule has 3 nitrogen and oxygen atoms in total. The van der Waals surface area contributed by atoms with Crippen LogP contribution in [-0.4, -0.2) is 22.4 Å². The molecular weight excluding hydrogens is 273 g/mol. The number of halogens is 3. The number of hydrogen-bond donors (Lipinski definition) is 2. The Hall–Kier alpha value is -2.00. The maximum Gasteiger partial charge on any atom is 0.422 e. The Kier molecular flexibility index (Phi) is 4.79. The highest BCUT2D eigenvalue weighted by atomic mass is 19.4. The number of rotatable bonds is 5. The first kappa shape index (κ1) is 16.1. The Morgan fingerprint density at radius 3 is 2.25 bits per heavy atom. The molecule has 2 atom stereocenters. The minimum absolute atomic E-state index is 0.178. The third-order valence-corrected chi connectivity index (χ3v) is 3.03. The molecule has 0 aliphatic heterocycles. The molecule has 0 heterocycles. The van der Waals surface area contributed by atoms with Gasteiger partial charge in [0.15, 0.2) is 5.60 Å². The maximum atomic E-state index is 13.3. The van der Waals surface area contributed by atoms with Crippen LogP contribution >= 0.6 is 0 Å². The molecule has 0 fully saturated rings. The fourth-order valence-electron chi connectivity index (χ4n) is 1.99. The second kappa shape index (κ2) is 5.97. The van der Waals surface area contributed by atoms with Gasteiger partial charge in [0.25, 0.3) is 0 Å². The molecule has 1 aromatic rings. The maximum absolute atomic E-state index is 13.3. The summed E-state index contributed by atoms with van der Waals surface area (Å²) in [5.41, 5.74) is -3.99. The lowest BCUT2D eigenvalue weighted by Gasteiger charge is -2.35. The molecule has 0 bridgehead atoms. The number of carboxylic acids is 1. The van der Waals surface area contributed by atoms with Gasteiger partial charge >= 0.3 is 12.1 Å². The lowest BCUT2D eigenvalue weighted by atomic mass is 9.78. The van der Waals surface area contributed by atoms with Crippen molar-refractivity contribution >= 4 is 5.97 Å². The van der Waals surface area contributed by atoms with Crippen molar-refractivity contribution in [2.45, 2.75) is 24.6 Å². The summed E-state index contributed by atoms with van der Waals surface area (Å²) in [6, 6.07) is 6.15. The lowest BCUT2D eigenvalue weighted by molar-refractivity contribution is -0.286. The number of terminal acetylenes is 1. The van der Waals surface area contributed by atoms with Crippen LogP contribution in [-0.2, 0) is 10.4 Å². The summed E-state index contributed by atoms with van der Waals surface area (Å²) in [6.45, 7) is 0. The summed E-state index contributed by atoms with van der Waals surface area (Å²) in [4.78, 5) is 11.1. The smallest absolute Gasteiger partial charge is 0.422 e. The van der Waals surface area contributed by atoms with Gasteiger partial charge in [0, 0.05) is 6.42 Å². The number of carbonyl (C=O) groups is 1. The van der Waals surface area contributed by atoms with E-state index >= 15 is 0 Å². The van der Waals surface area contributed by atoms with Gasteiger partial charge in [0.05, 0.1) is 5.92 Å². The van der Waals surface area contributed by atoms with Gasteiger partial charge in [-0.3, -0.25) is 4.79 Å². The minimum atomic E-state index is -5.13. The topological polar surface area (TPSA) is 57.5 Å². The standard InChI is InChI=1S/C14H13F3O3/c1-2-3-9-11(12(18)19)13(20,14(15,16)17)10-7-5-4-6-8-10/h1,4-8,11,20H,3,9H2,(H,18,19). The van der Waals surface area contributed by atoms with Crippen LogP contribution in [0.4, 0.5) is 13.2 Å². The molecule has 0 aromatic heterocycles. The summed E-state index contributed by atoms with van der Waals surface area (Å²) < 4.78 is 39.8. The molecule has 0 amide bonds. The first-order chi connectivity index (χ1) is 9.25. The zero-order valence-corrected chi connectivity index (χ0v) is 10.4. The summed E-state index contributed by atoms with van der Waals surface area (Å²) in [5.74, 6) is -1.73. The number of aliphatic carboxylic acids is 1. The lowest BCUT2D eigenvalue weighted by Crippen LogP contribution is -2.51. The molecule has 0 spiro atoms. The Bertz CT molecular complexity index is 505. The van der Waals surface area contributed by atoms with E-state index in [-0.39, 0.29) is 6.42 Å². The highest BCUT2D eigenvalue weighted by Gasteiger charge is 2.61. The Balaban J connectivity index is 3.38. The fraction of sp³-hybridized carbons (Fsp3) is 0.357. The van der Waals surface area contributed by atoms with E-state index in [2.05, 4.69) is 5.92 Å². The molecular formula is C14H13F3O3. The molecule has 1 rings (SSSR count). The second-order valence-electron chi connectivity index (χ2n) is 4.26. The number of benzene rings is 1. The van der Waals surface area contributed by atoms with Gasteiger partial charge in [-0.2, -0.15) is 13.2 Å². The van der Waals surface area contributed by atoms with Crippen molar-refractivity contribution in [3.8, 4) is 12.3 Å². The van der Waals surface area contributed by atoms with Crippen LogP contribution < -0.4 is 0 Å². The largest absolute Gasteiger partial charge is 0.481 e. The zero-order valence-electron chi connectivity index (χ0n) is 10.4. The van der Waals surface area contributed by atoms with Crippen LogP contribution in [0, 0.1) is 18.3 Å². The zero-order chi connectivity index (χ0) is 15.4. The predicted molar refractivity (Wildman–Crippen MR) is 65.6 cm³/mol. The Morgan fingerprint density at radius 1 is 1.30 bits per heavy atom. The molecule has 108 valence electrons. The van der Waals surface area contributed by atoms with E-state index in [1.54, 1.807) is 0 Å². The van der Waals surface area contributed by atoms with Gasteiger partial charge in [0.1, 0.15) is 0 Å². The molecule has 0 radical (unpaired) electrons. The molecule has 2 unspecified atom stereocenters. The highest BCUT2D eigenvalue weighted by Crippen LogP contribution is 2.46. The third-order valence-electron chi connectivity index (χ3n) is 3.03. The van der Waals surface area contributed by atoms with Crippen molar-refractivity contribution in [3.63, 3.8) is 0 Å². The van der Waals surface area contributed by atoms with Gasteiger partial charge in [0.2, 0.25) is 0 Å². The van der Waals surface area contributed by atoms with Crippen LogP contribution in [0.15, 0.2) is 30.3 Å². The van der Waals surface area contributed by atoms with Crippen LogP contribution in [0.2, 0.25) is 0 Å². The van der Waals surface area contributed by atoms with Crippen molar-refractivity contribution < 1.29 is 28.2 Å². The Morgan fingerprint density at radius 2 is 1.85 bits per heavy atom. The fourth-order valence-corrected chi connectivity index (χ4v) is 1.99. The number of alkyl halides is 3. The SMILES string of the molecule is C#CCCC(C(=O)O)C(O)(c1ccccc1)C(F)(F)F. The summed E-state index contributed by atoms with van der Waals surface area (Å²) in [7, 11) is 0. The Labute approximate surface area is 114 Å². The van der Waals surface area contributed by atoms with Crippen molar-refractivity contribution in [1.82, 2.24) is 0 Å². The van der Waals surface area contributed by atoms with Gasteiger partial charge in [-0.1, -0.05) is 30.3 Å². The van der Waals surface area contributed by atoms with E-state index in [9.17, 15) is 23.1 Å². The molecule has 0 aliphatic rings. The quantitative estimate of drug-likeness (QED) is 0.818. The van der Waals surface area contributed by atoms with E-state index in [1.165, 1.54) is 18.2 Å². The van der Waals surface area contributed by atoms with Gasteiger partial charge < -0.3 is 10.2 Å².